The number of amides is 2. The van der Waals surface area contributed by atoms with Gasteiger partial charge in [-0.15, -0.1) is 0 Å². The summed E-state index contributed by atoms with van der Waals surface area (Å²) in [5.74, 6) is 0.0465. The molecular weight excluding hydrogens is 323 g/mol. The Morgan fingerprint density at radius 2 is 2.08 bits per heavy atom. The van der Waals surface area contributed by atoms with Gasteiger partial charge in [-0.25, -0.2) is 9.07 Å². The normalized spacial score (nSPS) is 15.0. The van der Waals surface area contributed by atoms with E-state index in [1.165, 1.54) is 12.1 Å². The molecule has 1 atom stereocenters. The van der Waals surface area contributed by atoms with Gasteiger partial charge in [0.05, 0.1) is 12.2 Å². The monoisotopic (exact) mass is 344 g/mol. The van der Waals surface area contributed by atoms with Crippen molar-refractivity contribution in [3.8, 4) is 0 Å². The summed E-state index contributed by atoms with van der Waals surface area (Å²) in [7, 11) is 0. The maximum absolute atomic E-state index is 13.0. The van der Waals surface area contributed by atoms with Crippen molar-refractivity contribution >= 4 is 17.6 Å². The molecule has 25 heavy (non-hydrogen) atoms. The van der Waals surface area contributed by atoms with Crippen LogP contribution in [0.2, 0.25) is 0 Å². The highest BCUT2D eigenvalue weighted by Crippen LogP contribution is 2.26. The fraction of sp³-hybridized carbons (Fsp3) is 0.389. The molecule has 0 saturated carbocycles. The van der Waals surface area contributed by atoms with E-state index < -0.39 is 6.04 Å². The summed E-state index contributed by atoms with van der Waals surface area (Å²) in [5, 5.41) is 7.21. The number of nitrogens with one attached hydrogen (secondary N) is 1. The van der Waals surface area contributed by atoms with Gasteiger partial charge in [-0.2, -0.15) is 5.10 Å². The molecule has 0 spiro atoms. The lowest BCUT2D eigenvalue weighted by atomic mass is 10.1. The topological polar surface area (TPSA) is 67.2 Å². The molecule has 2 heterocycles. The lowest BCUT2D eigenvalue weighted by molar-refractivity contribution is -0.127. The van der Waals surface area contributed by atoms with Crippen LogP contribution in [0.15, 0.2) is 30.3 Å². The van der Waals surface area contributed by atoms with Crippen molar-refractivity contribution in [2.45, 2.75) is 45.8 Å². The molecule has 132 valence electrons. The number of aromatic nitrogens is 2. The second-order valence-electron chi connectivity index (χ2n) is 6.15. The summed E-state index contributed by atoms with van der Waals surface area (Å²) in [4.78, 5) is 26.7. The van der Waals surface area contributed by atoms with E-state index in [4.69, 9.17) is 0 Å². The van der Waals surface area contributed by atoms with Crippen LogP contribution >= 0.6 is 0 Å². The Morgan fingerprint density at radius 1 is 1.36 bits per heavy atom. The van der Waals surface area contributed by atoms with Crippen molar-refractivity contribution in [3.63, 3.8) is 0 Å². The van der Waals surface area contributed by atoms with Gasteiger partial charge < -0.3 is 5.32 Å². The van der Waals surface area contributed by atoms with Gasteiger partial charge in [0.15, 0.2) is 0 Å². The first kappa shape index (κ1) is 17.1. The number of anilines is 1. The molecular formula is C18H21FN4O2. The number of halogens is 1. The third-order valence-corrected chi connectivity index (χ3v) is 4.31. The van der Waals surface area contributed by atoms with Crippen LogP contribution in [-0.2, 0) is 22.7 Å². The smallest absolute Gasteiger partial charge is 0.243 e. The van der Waals surface area contributed by atoms with Crippen LogP contribution in [0.1, 0.15) is 31.0 Å². The summed E-state index contributed by atoms with van der Waals surface area (Å²) < 4.78 is 14.7. The summed E-state index contributed by atoms with van der Waals surface area (Å²) in [5.41, 5.74) is 1.62. The van der Waals surface area contributed by atoms with E-state index in [9.17, 15) is 14.0 Å². The van der Waals surface area contributed by atoms with Gasteiger partial charge >= 0.3 is 0 Å². The average molecular weight is 344 g/mol. The number of rotatable bonds is 5. The molecule has 0 fully saturated rings. The van der Waals surface area contributed by atoms with Gasteiger partial charge in [-0.1, -0.05) is 19.1 Å². The van der Waals surface area contributed by atoms with Crippen molar-refractivity contribution in [2.75, 3.05) is 4.90 Å². The average Bonchev–Trinajstić information content (AvgIpc) is 2.97. The Balaban J connectivity index is 1.75. The lowest BCUT2D eigenvalue weighted by Gasteiger charge is -2.33. The molecule has 2 aromatic rings. The first-order chi connectivity index (χ1) is 12.0. The number of aryl methyl sites for hydroxylation is 2. The first-order valence-electron chi connectivity index (χ1n) is 8.38. The van der Waals surface area contributed by atoms with Crippen molar-refractivity contribution in [1.29, 1.82) is 0 Å². The molecule has 0 radical (unpaired) electrons. The minimum Gasteiger partial charge on any atom is -0.350 e. The zero-order chi connectivity index (χ0) is 18.0. The first-order valence-corrected chi connectivity index (χ1v) is 8.38. The summed E-state index contributed by atoms with van der Waals surface area (Å²) in [6.07, 6.45) is 0.821. The standard InChI is InChI=1S/C18H21FN4O2/c1-3-15(18(25)20-11-13-4-6-14(19)7-5-13)23-16-10-12(2)21-22(16)9-8-17(23)24/h4-7,10,15H,3,8-9,11H2,1-2H3,(H,20,25)/t15-/m1/s1. The summed E-state index contributed by atoms with van der Waals surface area (Å²) in [6.45, 7) is 4.56. The molecule has 1 aromatic carbocycles. The molecule has 0 unspecified atom stereocenters. The molecule has 0 saturated heterocycles. The molecule has 3 rings (SSSR count). The fourth-order valence-corrected chi connectivity index (χ4v) is 3.07. The van der Waals surface area contributed by atoms with E-state index in [1.807, 2.05) is 19.9 Å². The predicted octanol–water partition coefficient (Wildman–Crippen LogP) is 2.16. The largest absolute Gasteiger partial charge is 0.350 e. The van der Waals surface area contributed by atoms with E-state index in [0.717, 1.165) is 11.3 Å². The van der Waals surface area contributed by atoms with Crippen LogP contribution < -0.4 is 10.2 Å². The zero-order valence-corrected chi connectivity index (χ0v) is 14.3. The van der Waals surface area contributed by atoms with Crippen LogP contribution in [0.5, 0.6) is 0 Å². The van der Waals surface area contributed by atoms with Gasteiger partial charge in [0.25, 0.3) is 0 Å². The third-order valence-electron chi connectivity index (χ3n) is 4.31. The van der Waals surface area contributed by atoms with Gasteiger partial charge in [0.2, 0.25) is 11.8 Å². The summed E-state index contributed by atoms with van der Waals surface area (Å²) in [6, 6.07) is 7.19. The molecule has 1 aliphatic heterocycles. The Morgan fingerprint density at radius 3 is 2.76 bits per heavy atom. The van der Waals surface area contributed by atoms with Crippen molar-refractivity contribution in [3.05, 3.63) is 47.4 Å². The van der Waals surface area contributed by atoms with Gasteiger partial charge in [0.1, 0.15) is 17.7 Å². The van der Waals surface area contributed by atoms with E-state index in [1.54, 1.807) is 21.7 Å². The molecule has 0 aliphatic carbocycles. The van der Waals surface area contributed by atoms with Crippen LogP contribution in [0, 0.1) is 12.7 Å². The van der Waals surface area contributed by atoms with Crippen LogP contribution in [0.25, 0.3) is 0 Å². The highest BCUT2D eigenvalue weighted by Gasteiger charge is 2.34. The van der Waals surface area contributed by atoms with Gasteiger partial charge in [-0.05, 0) is 31.0 Å². The molecule has 1 N–H and O–H groups in total. The number of benzene rings is 1. The Hall–Kier alpha value is -2.70. The lowest BCUT2D eigenvalue weighted by Crippen LogP contribution is -2.52. The van der Waals surface area contributed by atoms with Crippen LogP contribution in [-0.4, -0.2) is 27.6 Å². The molecule has 6 nitrogen and oxygen atoms in total. The van der Waals surface area contributed by atoms with Gasteiger partial charge in [0, 0.05) is 19.0 Å². The fourth-order valence-electron chi connectivity index (χ4n) is 3.07. The van der Waals surface area contributed by atoms with E-state index in [-0.39, 0.29) is 24.2 Å². The number of carbonyl (C=O) groups is 2. The number of hydrogen-bond donors (Lipinski definition) is 1. The van der Waals surface area contributed by atoms with Gasteiger partial charge in [-0.3, -0.25) is 14.5 Å². The van der Waals surface area contributed by atoms with Crippen LogP contribution in [0.4, 0.5) is 10.2 Å². The van der Waals surface area contributed by atoms with E-state index >= 15 is 0 Å². The predicted molar refractivity (Wildman–Crippen MR) is 91.4 cm³/mol. The zero-order valence-electron chi connectivity index (χ0n) is 14.3. The third kappa shape index (κ3) is 3.55. The number of nitrogens with zero attached hydrogens (tertiary/aromatic N) is 3. The molecule has 0 bridgehead atoms. The van der Waals surface area contributed by atoms with Crippen molar-refractivity contribution < 1.29 is 14.0 Å². The second-order valence-corrected chi connectivity index (χ2v) is 6.15. The number of carbonyl (C=O) groups excluding carboxylic acids is 2. The highest BCUT2D eigenvalue weighted by atomic mass is 19.1. The van der Waals surface area contributed by atoms with Crippen molar-refractivity contribution in [1.82, 2.24) is 15.1 Å². The highest BCUT2D eigenvalue weighted by molar-refractivity contribution is 6.00. The maximum atomic E-state index is 13.0. The minimum absolute atomic E-state index is 0.0730. The molecule has 1 aliphatic rings. The SMILES string of the molecule is CC[C@H](C(=O)NCc1ccc(F)cc1)N1C(=O)CCn2nc(C)cc21. The number of fused-ring (bicyclic) bond motifs is 1. The van der Waals surface area contributed by atoms with Crippen LogP contribution in [0.3, 0.4) is 0 Å². The minimum atomic E-state index is -0.594. The second kappa shape index (κ2) is 7.04. The summed E-state index contributed by atoms with van der Waals surface area (Å²) >= 11 is 0. The number of hydrogen-bond acceptors (Lipinski definition) is 3. The van der Waals surface area contributed by atoms with E-state index in [0.29, 0.717) is 25.2 Å². The quantitative estimate of drug-likeness (QED) is 0.904. The maximum Gasteiger partial charge on any atom is 0.243 e. The molecule has 2 amide bonds. The molecule has 7 heteroatoms. The Kier molecular flexibility index (Phi) is 4.83. The molecule has 1 aromatic heterocycles. The Bertz CT molecular complexity index is 785. The van der Waals surface area contributed by atoms with Crippen molar-refractivity contribution in [2.24, 2.45) is 0 Å². The van der Waals surface area contributed by atoms with E-state index in [2.05, 4.69) is 10.4 Å². The Labute approximate surface area is 145 Å².